The smallest absolute Gasteiger partial charge is 0.169 e. The Morgan fingerprint density at radius 1 is 1.32 bits per heavy atom. The lowest BCUT2D eigenvalue weighted by molar-refractivity contribution is -0.136. The first-order valence-electron chi connectivity index (χ1n) is 7.42. The van der Waals surface area contributed by atoms with Gasteiger partial charge in [-0.15, -0.1) is 0 Å². The summed E-state index contributed by atoms with van der Waals surface area (Å²) in [6.45, 7) is 4.78. The van der Waals surface area contributed by atoms with Crippen molar-refractivity contribution in [2.24, 2.45) is 11.8 Å². The third-order valence-electron chi connectivity index (χ3n) is 4.03. The van der Waals surface area contributed by atoms with E-state index in [0.717, 1.165) is 18.4 Å². The van der Waals surface area contributed by atoms with Gasteiger partial charge in [0.1, 0.15) is 6.10 Å². The Labute approximate surface area is 116 Å². The summed E-state index contributed by atoms with van der Waals surface area (Å²) in [5.74, 6) is 1.13. The summed E-state index contributed by atoms with van der Waals surface area (Å²) in [5.41, 5.74) is 0.993. The molecule has 1 aliphatic carbocycles. The molecule has 0 amide bonds. The van der Waals surface area contributed by atoms with Crippen LogP contribution < -0.4 is 0 Å². The lowest BCUT2D eigenvalue weighted by Gasteiger charge is -2.28. The summed E-state index contributed by atoms with van der Waals surface area (Å²) in [4.78, 5) is 12.7. The highest BCUT2D eigenvalue weighted by Gasteiger charge is 2.31. The van der Waals surface area contributed by atoms with Crippen LogP contribution in [0.3, 0.4) is 0 Å². The van der Waals surface area contributed by atoms with E-state index in [1.165, 1.54) is 12.8 Å². The molecule has 0 N–H and O–H groups in total. The van der Waals surface area contributed by atoms with Crippen molar-refractivity contribution in [3.63, 3.8) is 0 Å². The molecule has 0 aliphatic heterocycles. The summed E-state index contributed by atoms with van der Waals surface area (Å²) in [6.07, 6.45) is 4.11. The van der Waals surface area contributed by atoms with Gasteiger partial charge in [-0.1, -0.05) is 50.1 Å². The van der Waals surface area contributed by atoms with Crippen LogP contribution in [0.1, 0.15) is 51.2 Å². The van der Waals surface area contributed by atoms with Crippen LogP contribution in [0, 0.1) is 11.8 Å². The minimum atomic E-state index is -0.374. The molecule has 19 heavy (non-hydrogen) atoms. The monoisotopic (exact) mass is 260 g/mol. The molecule has 1 saturated carbocycles. The highest BCUT2D eigenvalue weighted by Crippen LogP contribution is 2.33. The second-order valence-corrected chi connectivity index (χ2v) is 5.62. The van der Waals surface area contributed by atoms with Crippen LogP contribution in [-0.2, 0) is 9.53 Å². The van der Waals surface area contributed by atoms with E-state index in [0.29, 0.717) is 12.5 Å². The van der Waals surface area contributed by atoms with E-state index < -0.39 is 0 Å². The molecule has 1 aromatic carbocycles. The average Bonchev–Trinajstić information content (AvgIpc) is 2.45. The molecule has 1 aromatic rings. The van der Waals surface area contributed by atoms with Gasteiger partial charge in [-0.05, 0) is 31.2 Å². The maximum atomic E-state index is 12.7. The number of Topliss-reactive ketones (excluding diaryl/α,β-unsaturated/α-hetero) is 1. The zero-order chi connectivity index (χ0) is 13.7. The normalized spacial score (nSPS) is 24.9. The number of ether oxygens (including phenoxy) is 1. The van der Waals surface area contributed by atoms with Gasteiger partial charge in [0, 0.05) is 12.5 Å². The van der Waals surface area contributed by atoms with Crippen molar-refractivity contribution in [1.29, 1.82) is 0 Å². The van der Waals surface area contributed by atoms with Crippen molar-refractivity contribution < 1.29 is 9.53 Å². The number of carbonyl (C=O) groups excluding carboxylic acids is 1. The lowest BCUT2D eigenvalue weighted by Crippen LogP contribution is -2.28. The second kappa shape index (κ2) is 6.85. The summed E-state index contributed by atoms with van der Waals surface area (Å²) < 4.78 is 5.73. The number of hydrogen-bond acceptors (Lipinski definition) is 2. The fourth-order valence-corrected chi connectivity index (χ4v) is 3.04. The van der Waals surface area contributed by atoms with Crippen LogP contribution in [0.15, 0.2) is 30.3 Å². The van der Waals surface area contributed by atoms with Crippen LogP contribution >= 0.6 is 0 Å². The highest BCUT2D eigenvalue weighted by atomic mass is 16.5. The van der Waals surface area contributed by atoms with E-state index in [2.05, 4.69) is 6.92 Å². The van der Waals surface area contributed by atoms with Crippen LogP contribution in [0.25, 0.3) is 0 Å². The van der Waals surface area contributed by atoms with Gasteiger partial charge in [-0.25, -0.2) is 0 Å². The van der Waals surface area contributed by atoms with Crippen LogP contribution in [-0.4, -0.2) is 12.4 Å². The van der Waals surface area contributed by atoms with Gasteiger partial charge in [0.15, 0.2) is 5.78 Å². The van der Waals surface area contributed by atoms with Crippen molar-refractivity contribution >= 4 is 5.78 Å². The first-order chi connectivity index (χ1) is 9.22. The highest BCUT2D eigenvalue weighted by molar-refractivity contribution is 5.86. The first-order valence-corrected chi connectivity index (χ1v) is 7.42. The predicted octanol–water partition coefficient (Wildman–Crippen LogP) is 4.16. The molecule has 3 atom stereocenters. The summed E-state index contributed by atoms with van der Waals surface area (Å²) in [5, 5.41) is 0. The molecule has 0 heterocycles. The summed E-state index contributed by atoms with van der Waals surface area (Å²) >= 11 is 0. The van der Waals surface area contributed by atoms with E-state index >= 15 is 0 Å². The molecule has 0 radical (unpaired) electrons. The molecule has 2 rings (SSSR count). The Hall–Kier alpha value is -1.15. The molecule has 0 bridgehead atoms. The molecule has 0 spiro atoms. The zero-order valence-corrected chi connectivity index (χ0v) is 12.0. The zero-order valence-electron chi connectivity index (χ0n) is 12.0. The Kier molecular flexibility index (Phi) is 5.15. The lowest BCUT2D eigenvalue weighted by atomic mass is 9.78. The Balaban J connectivity index is 2.12. The average molecular weight is 260 g/mol. The topological polar surface area (TPSA) is 26.3 Å². The Bertz CT molecular complexity index is 399. The molecule has 1 fully saturated rings. The van der Waals surface area contributed by atoms with Gasteiger partial charge in [-0.2, -0.15) is 0 Å². The fraction of sp³-hybridized carbons (Fsp3) is 0.588. The molecular weight excluding hydrogens is 236 g/mol. The van der Waals surface area contributed by atoms with Gasteiger partial charge in [0.2, 0.25) is 0 Å². The number of rotatable bonds is 5. The molecular formula is C17H24O2. The third-order valence-corrected chi connectivity index (χ3v) is 4.03. The van der Waals surface area contributed by atoms with Crippen molar-refractivity contribution in [2.45, 2.75) is 45.6 Å². The van der Waals surface area contributed by atoms with Gasteiger partial charge in [0.25, 0.3) is 0 Å². The number of benzene rings is 1. The van der Waals surface area contributed by atoms with E-state index in [4.69, 9.17) is 4.74 Å². The fourth-order valence-electron chi connectivity index (χ4n) is 3.04. The Morgan fingerprint density at radius 2 is 2.05 bits per heavy atom. The number of ketones is 1. The molecule has 2 nitrogen and oxygen atoms in total. The minimum Gasteiger partial charge on any atom is -0.366 e. The summed E-state index contributed by atoms with van der Waals surface area (Å²) in [7, 11) is 0. The van der Waals surface area contributed by atoms with Crippen LogP contribution in [0.4, 0.5) is 0 Å². The standard InChI is InChI=1S/C17H24O2/c1-3-19-17(14-9-5-4-6-10-14)16(18)15-11-7-8-13(2)12-15/h4-6,9-10,13,15,17H,3,7-8,11-12H2,1-2H3. The van der Waals surface area contributed by atoms with E-state index in [1.54, 1.807) is 0 Å². The largest absolute Gasteiger partial charge is 0.366 e. The minimum absolute atomic E-state index is 0.181. The van der Waals surface area contributed by atoms with Crippen LogP contribution in [0.5, 0.6) is 0 Å². The molecule has 2 heteroatoms. The van der Waals surface area contributed by atoms with Crippen molar-refractivity contribution in [3.05, 3.63) is 35.9 Å². The van der Waals surface area contributed by atoms with E-state index in [1.807, 2.05) is 37.3 Å². The van der Waals surface area contributed by atoms with Gasteiger partial charge >= 0.3 is 0 Å². The third kappa shape index (κ3) is 3.66. The Morgan fingerprint density at radius 3 is 2.68 bits per heavy atom. The number of carbonyl (C=O) groups is 1. The SMILES string of the molecule is CCOC(C(=O)C1CCCC(C)C1)c1ccccc1. The molecule has 0 saturated heterocycles. The summed E-state index contributed by atoms with van der Waals surface area (Å²) in [6, 6.07) is 9.89. The van der Waals surface area contributed by atoms with Gasteiger partial charge < -0.3 is 4.74 Å². The number of hydrogen-bond donors (Lipinski definition) is 0. The molecule has 3 unspecified atom stereocenters. The quantitative estimate of drug-likeness (QED) is 0.794. The van der Waals surface area contributed by atoms with Crippen molar-refractivity contribution in [3.8, 4) is 0 Å². The van der Waals surface area contributed by atoms with Crippen LogP contribution in [0.2, 0.25) is 0 Å². The maximum Gasteiger partial charge on any atom is 0.169 e. The molecule has 0 aromatic heterocycles. The van der Waals surface area contributed by atoms with E-state index in [-0.39, 0.29) is 17.8 Å². The van der Waals surface area contributed by atoms with Crippen molar-refractivity contribution in [2.75, 3.05) is 6.61 Å². The van der Waals surface area contributed by atoms with Gasteiger partial charge in [-0.3, -0.25) is 4.79 Å². The first kappa shape index (κ1) is 14.3. The van der Waals surface area contributed by atoms with Gasteiger partial charge in [0.05, 0.1) is 0 Å². The van der Waals surface area contributed by atoms with E-state index in [9.17, 15) is 4.79 Å². The van der Waals surface area contributed by atoms with Crippen molar-refractivity contribution in [1.82, 2.24) is 0 Å². The molecule has 1 aliphatic rings. The second-order valence-electron chi connectivity index (χ2n) is 5.62. The molecule has 104 valence electrons. The predicted molar refractivity (Wildman–Crippen MR) is 76.9 cm³/mol. The maximum absolute atomic E-state index is 12.7.